The monoisotopic (exact) mass is 251 g/mol. The number of aromatic nitrogens is 2. The van der Waals surface area contributed by atoms with Crippen molar-refractivity contribution in [1.29, 1.82) is 0 Å². The summed E-state index contributed by atoms with van der Waals surface area (Å²) < 4.78 is 5.38. The number of rotatable bonds is 4. The van der Waals surface area contributed by atoms with Gasteiger partial charge in [-0.1, -0.05) is 11.6 Å². The molecule has 1 aromatic heterocycles. The number of hydrogen-bond donors (Lipinski definition) is 2. The van der Waals surface area contributed by atoms with Crippen LogP contribution in [0.15, 0.2) is 24.4 Å². The van der Waals surface area contributed by atoms with E-state index in [2.05, 4.69) is 10.2 Å². The van der Waals surface area contributed by atoms with Gasteiger partial charge in [-0.05, 0) is 25.1 Å². The summed E-state index contributed by atoms with van der Waals surface area (Å²) in [7, 11) is 0. The Morgan fingerprint density at radius 2 is 2.29 bits per heavy atom. The Morgan fingerprint density at radius 3 is 2.94 bits per heavy atom. The van der Waals surface area contributed by atoms with Crippen LogP contribution in [0.4, 0.5) is 0 Å². The minimum Gasteiger partial charge on any atom is -0.492 e. The smallest absolute Gasteiger partial charge is 0.137 e. The average Bonchev–Trinajstić information content (AvgIpc) is 2.80. The molecule has 0 aliphatic rings. The molecule has 1 heterocycles. The number of aromatic amines is 1. The molecule has 0 bridgehead atoms. The number of H-pyrrole nitrogens is 1. The minimum absolute atomic E-state index is 0.441. The fourth-order valence-electron chi connectivity index (χ4n) is 1.64. The van der Waals surface area contributed by atoms with E-state index in [9.17, 15) is 0 Å². The first-order valence-corrected chi connectivity index (χ1v) is 5.79. The molecule has 0 aliphatic heterocycles. The number of nitrogens with zero attached hydrogens (tertiary/aromatic N) is 1. The van der Waals surface area contributed by atoms with E-state index < -0.39 is 0 Å². The first kappa shape index (κ1) is 12.0. The lowest BCUT2D eigenvalue weighted by Gasteiger charge is -2.07. The van der Waals surface area contributed by atoms with Crippen LogP contribution in [0.3, 0.4) is 0 Å². The Kier molecular flexibility index (Phi) is 3.66. The van der Waals surface area contributed by atoms with Gasteiger partial charge in [0.1, 0.15) is 5.75 Å². The molecular weight excluding hydrogens is 238 g/mol. The Bertz CT molecular complexity index is 510. The number of hydrogen-bond acceptors (Lipinski definition) is 3. The highest BCUT2D eigenvalue weighted by Gasteiger charge is 2.09. The summed E-state index contributed by atoms with van der Waals surface area (Å²) >= 11 is 6.13. The van der Waals surface area contributed by atoms with Crippen molar-refractivity contribution in [3.05, 3.63) is 35.0 Å². The first-order valence-electron chi connectivity index (χ1n) is 5.41. The predicted molar refractivity (Wildman–Crippen MR) is 68.1 cm³/mol. The molecule has 5 heteroatoms. The predicted octanol–water partition coefficient (Wildman–Crippen LogP) is 2.59. The molecule has 4 nitrogen and oxygen atoms in total. The Morgan fingerprint density at radius 1 is 1.47 bits per heavy atom. The summed E-state index contributed by atoms with van der Waals surface area (Å²) in [5.74, 6) is 0.687. The van der Waals surface area contributed by atoms with Gasteiger partial charge in [-0.2, -0.15) is 5.10 Å². The molecule has 0 aliphatic carbocycles. The number of ether oxygens (including phenoxy) is 1. The van der Waals surface area contributed by atoms with Crippen LogP contribution >= 0.6 is 11.6 Å². The fraction of sp³-hybridized carbons (Fsp3) is 0.250. The van der Waals surface area contributed by atoms with Gasteiger partial charge in [0, 0.05) is 17.7 Å². The van der Waals surface area contributed by atoms with Crippen LogP contribution in [0.1, 0.15) is 12.5 Å². The van der Waals surface area contributed by atoms with E-state index in [0.29, 0.717) is 23.9 Å². The second kappa shape index (κ2) is 5.21. The quantitative estimate of drug-likeness (QED) is 0.878. The maximum absolute atomic E-state index is 6.13. The summed E-state index contributed by atoms with van der Waals surface area (Å²) in [4.78, 5) is 0. The molecule has 17 heavy (non-hydrogen) atoms. The molecule has 0 unspecified atom stereocenters. The van der Waals surface area contributed by atoms with Crippen molar-refractivity contribution < 1.29 is 4.74 Å². The molecule has 2 rings (SSSR count). The average molecular weight is 252 g/mol. The molecule has 0 spiro atoms. The van der Waals surface area contributed by atoms with Crippen molar-refractivity contribution in [2.45, 2.75) is 13.5 Å². The second-order valence-corrected chi connectivity index (χ2v) is 3.96. The zero-order chi connectivity index (χ0) is 12.3. The van der Waals surface area contributed by atoms with E-state index >= 15 is 0 Å². The Hall–Kier alpha value is -1.52. The van der Waals surface area contributed by atoms with Crippen LogP contribution in [-0.2, 0) is 6.54 Å². The first-order chi connectivity index (χ1) is 8.26. The maximum Gasteiger partial charge on any atom is 0.137 e. The van der Waals surface area contributed by atoms with Crippen LogP contribution in [0.5, 0.6) is 5.75 Å². The fourth-order valence-corrected chi connectivity index (χ4v) is 1.88. The molecule has 2 aromatic rings. The lowest BCUT2D eigenvalue weighted by Crippen LogP contribution is -1.97. The lowest BCUT2D eigenvalue weighted by atomic mass is 10.1. The van der Waals surface area contributed by atoms with Crippen LogP contribution < -0.4 is 10.5 Å². The number of benzene rings is 1. The number of nitrogens with two attached hydrogens (primary N) is 1. The van der Waals surface area contributed by atoms with E-state index in [-0.39, 0.29) is 0 Å². The molecule has 1 aromatic carbocycles. The molecule has 0 atom stereocenters. The zero-order valence-electron chi connectivity index (χ0n) is 9.53. The highest BCUT2D eigenvalue weighted by Crippen LogP contribution is 2.30. The van der Waals surface area contributed by atoms with Crippen LogP contribution in [0.25, 0.3) is 11.3 Å². The molecule has 0 fully saturated rings. The summed E-state index contributed by atoms with van der Waals surface area (Å²) in [6.45, 7) is 2.96. The van der Waals surface area contributed by atoms with E-state index in [1.165, 1.54) is 0 Å². The molecule has 0 saturated heterocycles. The molecule has 0 saturated carbocycles. The third-order valence-corrected chi connectivity index (χ3v) is 2.75. The minimum atomic E-state index is 0.441. The standard InChI is InChI=1S/C12H14ClN3O/c1-2-17-11-4-3-8(5-10(11)13)12-9(6-14)7-15-16-12/h3-5,7H,2,6,14H2,1H3,(H,15,16). The molecule has 0 radical (unpaired) electrons. The summed E-state index contributed by atoms with van der Waals surface area (Å²) in [5.41, 5.74) is 8.45. The summed E-state index contributed by atoms with van der Waals surface area (Å²) in [5, 5.41) is 7.49. The largest absolute Gasteiger partial charge is 0.492 e. The Labute approximate surface area is 105 Å². The number of nitrogens with one attached hydrogen (secondary N) is 1. The Balaban J connectivity index is 2.37. The molecular formula is C12H14ClN3O. The van der Waals surface area contributed by atoms with Crippen molar-refractivity contribution in [3.8, 4) is 17.0 Å². The highest BCUT2D eigenvalue weighted by molar-refractivity contribution is 6.32. The number of halogens is 1. The summed E-state index contributed by atoms with van der Waals surface area (Å²) in [6, 6.07) is 5.63. The highest BCUT2D eigenvalue weighted by atomic mass is 35.5. The van der Waals surface area contributed by atoms with Crippen LogP contribution in [0, 0.1) is 0 Å². The lowest BCUT2D eigenvalue weighted by molar-refractivity contribution is 0.340. The van der Waals surface area contributed by atoms with Gasteiger partial charge in [-0.25, -0.2) is 0 Å². The van der Waals surface area contributed by atoms with E-state index in [1.807, 2.05) is 25.1 Å². The van der Waals surface area contributed by atoms with Gasteiger partial charge in [-0.15, -0.1) is 0 Å². The third-order valence-electron chi connectivity index (χ3n) is 2.46. The molecule has 90 valence electrons. The van der Waals surface area contributed by atoms with Gasteiger partial charge in [0.25, 0.3) is 0 Å². The van der Waals surface area contributed by atoms with Gasteiger partial charge in [0.05, 0.1) is 23.5 Å². The van der Waals surface area contributed by atoms with Gasteiger partial charge in [-0.3, -0.25) is 5.10 Å². The van der Waals surface area contributed by atoms with Crippen molar-refractivity contribution in [2.75, 3.05) is 6.61 Å². The zero-order valence-corrected chi connectivity index (χ0v) is 10.3. The van der Waals surface area contributed by atoms with Gasteiger partial charge in [0.2, 0.25) is 0 Å². The van der Waals surface area contributed by atoms with Crippen molar-refractivity contribution in [1.82, 2.24) is 10.2 Å². The summed E-state index contributed by atoms with van der Waals surface area (Å²) in [6.07, 6.45) is 1.72. The normalized spacial score (nSPS) is 10.5. The van der Waals surface area contributed by atoms with Gasteiger partial charge in [0.15, 0.2) is 0 Å². The topological polar surface area (TPSA) is 63.9 Å². The SMILES string of the molecule is CCOc1ccc(-c2[nH]ncc2CN)cc1Cl. The molecule has 3 N–H and O–H groups in total. The second-order valence-electron chi connectivity index (χ2n) is 3.55. The van der Waals surface area contributed by atoms with Crippen molar-refractivity contribution in [2.24, 2.45) is 5.73 Å². The van der Waals surface area contributed by atoms with E-state index in [4.69, 9.17) is 22.1 Å². The maximum atomic E-state index is 6.13. The third kappa shape index (κ3) is 2.43. The van der Waals surface area contributed by atoms with Crippen LogP contribution in [0.2, 0.25) is 5.02 Å². The van der Waals surface area contributed by atoms with E-state index in [1.54, 1.807) is 6.20 Å². The van der Waals surface area contributed by atoms with Crippen molar-refractivity contribution >= 4 is 11.6 Å². The van der Waals surface area contributed by atoms with E-state index in [0.717, 1.165) is 16.8 Å². The van der Waals surface area contributed by atoms with Crippen molar-refractivity contribution in [3.63, 3.8) is 0 Å². The van der Waals surface area contributed by atoms with Gasteiger partial charge < -0.3 is 10.5 Å². The van der Waals surface area contributed by atoms with Crippen LogP contribution in [-0.4, -0.2) is 16.8 Å². The molecule has 0 amide bonds. The van der Waals surface area contributed by atoms with Gasteiger partial charge >= 0.3 is 0 Å².